The first-order valence-electron chi connectivity index (χ1n) is 5.84. The Morgan fingerprint density at radius 3 is 2.00 bits per heavy atom. The van der Waals surface area contributed by atoms with Crippen molar-refractivity contribution in [2.45, 2.75) is 59.5 Å². The lowest BCUT2D eigenvalue weighted by atomic mass is 9.98. The minimum atomic E-state index is -1.06. The molecule has 0 rings (SSSR count). The van der Waals surface area contributed by atoms with Gasteiger partial charge in [0.1, 0.15) is 6.42 Å². The molecule has 2 unspecified atom stereocenters. The summed E-state index contributed by atoms with van der Waals surface area (Å²) in [4.78, 5) is 24.0. The number of carbonyl (C=O) groups is 2. The second-order valence-corrected chi connectivity index (χ2v) is 4.59. The summed E-state index contributed by atoms with van der Waals surface area (Å²) < 4.78 is 0. The normalized spacial score (nSPS) is 14.6. The predicted octanol–water partition coefficient (Wildman–Crippen LogP) is 2.13. The van der Waals surface area contributed by atoms with E-state index < -0.39 is 12.4 Å². The van der Waals surface area contributed by atoms with E-state index in [-0.39, 0.29) is 18.0 Å². The Hall–Kier alpha value is -1.06. The number of hydrogen-bond donors (Lipinski definition) is 1. The van der Waals surface area contributed by atoms with Crippen LogP contribution in [-0.2, 0) is 9.59 Å². The molecule has 0 aromatic carbocycles. The summed E-state index contributed by atoms with van der Waals surface area (Å²) >= 11 is 0. The van der Waals surface area contributed by atoms with Gasteiger partial charge >= 0.3 is 5.97 Å². The number of carbonyl (C=O) groups excluding carboxylic acids is 1. The summed E-state index contributed by atoms with van der Waals surface area (Å²) in [5, 5.41) is 8.64. The van der Waals surface area contributed by atoms with Gasteiger partial charge in [0.15, 0.2) is 0 Å². The van der Waals surface area contributed by atoms with E-state index in [1.807, 2.05) is 20.8 Å². The molecule has 0 aliphatic rings. The van der Waals surface area contributed by atoms with Crippen LogP contribution >= 0.6 is 0 Å². The number of carboxylic acid groups (broad SMARTS) is 1. The minimum Gasteiger partial charge on any atom is -0.481 e. The van der Waals surface area contributed by atoms with Crippen LogP contribution in [0.2, 0.25) is 0 Å². The Kier molecular flexibility index (Phi) is 6.08. The summed E-state index contributed by atoms with van der Waals surface area (Å²) in [6.45, 7) is 9.96. The molecule has 0 heterocycles. The van der Waals surface area contributed by atoms with Crippen molar-refractivity contribution in [2.75, 3.05) is 0 Å². The smallest absolute Gasteiger partial charge is 0.312 e. The Labute approximate surface area is 97.6 Å². The number of aliphatic carboxylic acids is 1. The van der Waals surface area contributed by atoms with Gasteiger partial charge in [-0.25, -0.2) is 0 Å². The molecule has 0 fully saturated rings. The fourth-order valence-corrected chi connectivity index (χ4v) is 1.82. The molecule has 0 spiro atoms. The van der Waals surface area contributed by atoms with Crippen LogP contribution in [0.4, 0.5) is 0 Å². The summed E-state index contributed by atoms with van der Waals surface area (Å²) in [5.41, 5.74) is 0. The topological polar surface area (TPSA) is 57.6 Å². The molecule has 0 saturated heterocycles. The van der Waals surface area contributed by atoms with E-state index in [0.29, 0.717) is 5.92 Å². The van der Waals surface area contributed by atoms with Gasteiger partial charge in [-0.2, -0.15) is 0 Å². The Balaban J connectivity index is 4.72. The van der Waals surface area contributed by atoms with Gasteiger partial charge in [0.2, 0.25) is 5.91 Å². The number of nitrogens with zero attached hydrogens (tertiary/aromatic N) is 1. The van der Waals surface area contributed by atoms with Crippen LogP contribution in [0.5, 0.6) is 0 Å². The zero-order chi connectivity index (χ0) is 12.9. The van der Waals surface area contributed by atoms with Crippen molar-refractivity contribution in [1.29, 1.82) is 0 Å². The fraction of sp³-hybridized carbons (Fsp3) is 0.833. The molecular weight excluding hydrogens is 206 g/mol. The third-order valence-electron chi connectivity index (χ3n) is 3.05. The quantitative estimate of drug-likeness (QED) is 0.710. The Bertz CT molecular complexity index is 251. The van der Waals surface area contributed by atoms with Crippen LogP contribution in [0.15, 0.2) is 0 Å². The van der Waals surface area contributed by atoms with Crippen LogP contribution in [0, 0.1) is 5.92 Å². The molecule has 1 amide bonds. The van der Waals surface area contributed by atoms with Gasteiger partial charge in [-0.05, 0) is 26.7 Å². The lowest BCUT2D eigenvalue weighted by molar-refractivity contribution is -0.146. The van der Waals surface area contributed by atoms with E-state index in [1.165, 1.54) is 0 Å². The summed E-state index contributed by atoms with van der Waals surface area (Å²) in [7, 11) is 0. The van der Waals surface area contributed by atoms with Crippen LogP contribution < -0.4 is 0 Å². The molecule has 0 aliphatic heterocycles. The molecule has 0 aromatic heterocycles. The molecule has 4 nitrogen and oxygen atoms in total. The maximum absolute atomic E-state index is 11.8. The highest BCUT2D eigenvalue weighted by Crippen LogP contribution is 2.18. The van der Waals surface area contributed by atoms with Gasteiger partial charge in [-0.15, -0.1) is 0 Å². The number of hydrogen-bond acceptors (Lipinski definition) is 2. The second kappa shape index (κ2) is 6.51. The SMILES string of the molecule is CCC(C)C(C)N(C(=O)CC(=O)O)C(C)C. The average molecular weight is 229 g/mol. The van der Waals surface area contributed by atoms with E-state index in [2.05, 4.69) is 13.8 Å². The molecule has 4 heteroatoms. The molecule has 0 bridgehead atoms. The molecule has 2 atom stereocenters. The lowest BCUT2D eigenvalue weighted by Crippen LogP contribution is -2.46. The van der Waals surface area contributed by atoms with E-state index in [4.69, 9.17) is 5.11 Å². The van der Waals surface area contributed by atoms with Crippen molar-refractivity contribution in [3.63, 3.8) is 0 Å². The Morgan fingerprint density at radius 1 is 1.19 bits per heavy atom. The van der Waals surface area contributed by atoms with Gasteiger partial charge in [0.25, 0.3) is 0 Å². The summed E-state index contributed by atoms with van der Waals surface area (Å²) in [5.74, 6) is -0.984. The van der Waals surface area contributed by atoms with Gasteiger partial charge in [-0.1, -0.05) is 20.3 Å². The standard InChI is InChI=1S/C12H23NO3/c1-6-9(4)10(5)13(8(2)3)11(14)7-12(15)16/h8-10H,6-7H2,1-5H3,(H,15,16). The third kappa shape index (κ3) is 4.21. The zero-order valence-electron chi connectivity index (χ0n) is 10.9. The molecular formula is C12H23NO3. The van der Waals surface area contributed by atoms with Gasteiger partial charge in [0.05, 0.1) is 0 Å². The van der Waals surface area contributed by atoms with Crippen molar-refractivity contribution in [3.05, 3.63) is 0 Å². The summed E-state index contributed by atoms with van der Waals surface area (Å²) in [6, 6.07) is 0.118. The first kappa shape index (κ1) is 14.9. The monoisotopic (exact) mass is 229 g/mol. The fourth-order valence-electron chi connectivity index (χ4n) is 1.82. The van der Waals surface area contributed by atoms with Gasteiger partial charge in [0, 0.05) is 12.1 Å². The second-order valence-electron chi connectivity index (χ2n) is 4.59. The zero-order valence-corrected chi connectivity index (χ0v) is 10.9. The third-order valence-corrected chi connectivity index (χ3v) is 3.05. The number of amides is 1. The minimum absolute atomic E-state index is 0.0378. The molecule has 16 heavy (non-hydrogen) atoms. The Morgan fingerprint density at radius 2 is 1.69 bits per heavy atom. The van der Waals surface area contributed by atoms with E-state index in [0.717, 1.165) is 6.42 Å². The molecule has 0 radical (unpaired) electrons. The summed E-state index contributed by atoms with van der Waals surface area (Å²) in [6.07, 6.45) is 0.559. The van der Waals surface area contributed by atoms with Crippen molar-refractivity contribution in [1.82, 2.24) is 4.90 Å². The molecule has 0 saturated carbocycles. The van der Waals surface area contributed by atoms with Crippen LogP contribution in [0.3, 0.4) is 0 Å². The lowest BCUT2D eigenvalue weighted by Gasteiger charge is -2.36. The molecule has 1 N–H and O–H groups in total. The van der Waals surface area contributed by atoms with E-state index >= 15 is 0 Å². The highest BCUT2D eigenvalue weighted by molar-refractivity contribution is 5.93. The largest absolute Gasteiger partial charge is 0.481 e. The van der Waals surface area contributed by atoms with Crippen LogP contribution in [0.25, 0.3) is 0 Å². The average Bonchev–Trinajstić information content (AvgIpc) is 2.14. The first-order chi connectivity index (χ1) is 7.31. The highest BCUT2D eigenvalue weighted by Gasteiger charge is 2.27. The van der Waals surface area contributed by atoms with Crippen molar-refractivity contribution >= 4 is 11.9 Å². The van der Waals surface area contributed by atoms with E-state index in [1.54, 1.807) is 4.90 Å². The van der Waals surface area contributed by atoms with Crippen LogP contribution in [0.1, 0.15) is 47.5 Å². The number of rotatable bonds is 6. The molecule has 94 valence electrons. The van der Waals surface area contributed by atoms with Crippen molar-refractivity contribution < 1.29 is 14.7 Å². The maximum Gasteiger partial charge on any atom is 0.312 e. The predicted molar refractivity (Wildman–Crippen MR) is 63.2 cm³/mol. The van der Waals surface area contributed by atoms with Gasteiger partial charge < -0.3 is 10.0 Å². The maximum atomic E-state index is 11.8. The molecule has 0 aliphatic carbocycles. The molecule has 0 aromatic rings. The van der Waals surface area contributed by atoms with Crippen molar-refractivity contribution in [2.24, 2.45) is 5.92 Å². The van der Waals surface area contributed by atoms with Gasteiger partial charge in [-0.3, -0.25) is 9.59 Å². The van der Waals surface area contributed by atoms with Crippen LogP contribution in [-0.4, -0.2) is 34.0 Å². The van der Waals surface area contributed by atoms with E-state index in [9.17, 15) is 9.59 Å². The first-order valence-corrected chi connectivity index (χ1v) is 5.84. The highest BCUT2D eigenvalue weighted by atomic mass is 16.4. The number of carboxylic acids is 1. The van der Waals surface area contributed by atoms with Crippen molar-refractivity contribution in [3.8, 4) is 0 Å².